The molecular weight excluding hydrogens is 400 g/mol. The van der Waals surface area contributed by atoms with Crippen LogP contribution in [-0.4, -0.2) is 52.4 Å². The molecule has 170 valence electrons. The number of ether oxygens (including phenoxy) is 2. The van der Waals surface area contributed by atoms with Gasteiger partial charge in [-0.1, -0.05) is 19.4 Å². The monoisotopic (exact) mass is 432 g/mol. The van der Waals surface area contributed by atoms with Gasteiger partial charge in [0.1, 0.15) is 5.60 Å². The van der Waals surface area contributed by atoms with Crippen LogP contribution >= 0.6 is 0 Å². The predicted octanol–water partition coefficient (Wildman–Crippen LogP) is 2.64. The van der Waals surface area contributed by atoms with E-state index in [1.165, 1.54) is 7.11 Å². The van der Waals surface area contributed by atoms with Crippen LogP contribution < -0.4 is 0 Å². The number of rotatable bonds is 4. The number of hydrogen-bond acceptors (Lipinski definition) is 6. The topological polar surface area (TPSA) is 113 Å². The molecule has 0 aromatic heterocycles. The number of methoxy groups -OCH3 is 1. The number of epoxide rings is 1. The maximum Gasteiger partial charge on any atom is 0.309 e. The minimum absolute atomic E-state index is 0.0325. The number of carbonyl (C=O) groups is 3. The van der Waals surface area contributed by atoms with E-state index in [4.69, 9.17) is 9.47 Å². The van der Waals surface area contributed by atoms with E-state index in [1.54, 1.807) is 6.08 Å². The third-order valence-corrected chi connectivity index (χ3v) is 9.95. The first-order valence-corrected chi connectivity index (χ1v) is 11.5. The molecule has 7 nitrogen and oxygen atoms in total. The van der Waals surface area contributed by atoms with Gasteiger partial charge >= 0.3 is 11.9 Å². The lowest BCUT2D eigenvalue weighted by Crippen LogP contribution is -2.63. The summed E-state index contributed by atoms with van der Waals surface area (Å²) in [5.41, 5.74) is -1.43. The van der Waals surface area contributed by atoms with Gasteiger partial charge < -0.3 is 19.7 Å². The minimum atomic E-state index is -1.09. The second-order valence-corrected chi connectivity index (χ2v) is 10.9. The van der Waals surface area contributed by atoms with Gasteiger partial charge in [0.15, 0.2) is 5.78 Å². The van der Waals surface area contributed by atoms with Gasteiger partial charge in [0.05, 0.1) is 24.7 Å². The van der Waals surface area contributed by atoms with Gasteiger partial charge in [0.25, 0.3) is 0 Å². The Hall–Kier alpha value is -1.73. The zero-order valence-electron chi connectivity index (χ0n) is 18.5. The first-order chi connectivity index (χ1) is 14.5. The van der Waals surface area contributed by atoms with Crippen molar-refractivity contribution in [3.8, 4) is 0 Å². The summed E-state index contributed by atoms with van der Waals surface area (Å²) in [6, 6.07) is 0. The van der Waals surface area contributed by atoms with Gasteiger partial charge in [-0.3, -0.25) is 14.4 Å². The van der Waals surface area contributed by atoms with E-state index >= 15 is 0 Å². The van der Waals surface area contributed by atoms with E-state index < -0.39 is 28.5 Å². The van der Waals surface area contributed by atoms with Gasteiger partial charge in [-0.15, -0.1) is 0 Å². The number of esters is 1. The Morgan fingerprint density at radius 3 is 2.71 bits per heavy atom. The van der Waals surface area contributed by atoms with E-state index in [9.17, 15) is 24.6 Å². The van der Waals surface area contributed by atoms with Crippen LogP contribution in [0.1, 0.15) is 65.2 Å². The molecule has 1 heterocycles. The lowest BCUT2D eigenvalue weighted by atomic mass is 9.43. The molecule has 2 N–H and O–H groups in total. The average Bonchev–Trinajstić information content (AvgIpc) is 3.38. The Labute approximate surface area is 182 Å². The van der Waals surface area contributed by atoms with E-state index in [0.29, 0.717) is 32.1 Å². The quantitative estimate of drug-likeness (QED) is 0.519. The molecule has 8 atom stereocenters. The molecule has 3 unspecified atom stereocenters. The fraction of sp³-hybridized carbons (Fsp3) is 0.792. The number of aliphatic hydroxyl groups is 1. The van der Waals surface area contributed by atoms with Crippen LogP contribution in [-0.2, 0) is 23.9 Å². The van der Waals surface area contributed by atoms with Gasteiger partial charge in [-0.25, -0.2) is 0 Å². The molecular formula is C24H32O7. The Morgan fingerprint density at radius 1 is 1.29 bits per heavy atom. The van der Waals surface area contributed by atoms with Crippen LogP contribution in [0, 0.1) is 28.6 Å². The van der Waals surface area contributed by atoms with E-state index in [0.717, 1.165) is 12.0 Å². The fourth-order valence-electron chi connectivity index (χ4n) is 8.22. The van der Waals surface area contributed by atoms with E-state index in [-0.39, 0.29) is 47.9 Å². The summed E-state index contributed by atoms with van der Waals surface area (Å²) < 4.78 is 11.7. The van der Waals surface area contributed by atoms with Crippen molar-refractivity contribution in [2.24, 2.45) is 28.6 Å². The standard InChI is InChI=1S/C24H32O7/c1-21-7-4-14(25)10-13(21)11-15(20(28)30-3)19-16-5-8-23(29,9-6-18(26)27)22(16,2)12-17-24(19,21)31-17/h10,15-17,19,29H,4-9,11-12H2,1-3H3,(H,26,27)/t15?,16-,17?,19-,21-,22-,23-,24?/m0/s1. The van der Waals surface area contributed by atoms with E-state index in [2.05, 4.69) is 13.8 Å². The highest BCUT2D eigenvalue weighted by Gasteiger charge is 2.82. The molecule has 31 heavy (non-hydrogen) atoms. The van der Waals surface area contributed by atoms with Crippen molar-refractivity contribution in [2.45, 2.75) is 82.5 Å². The highest BCUT2D eigenvalue weighted by molar-refractivity contribution is 5.92. The molecule has 5 aliphatic rings. The molecule has 5 rings (SSSR count). The third kappa shape index (κ3) is 2.50. The highest BCUT2D eigenvalue weighted by Crippen LogP contribution is 2.77. The summed E-state index contributed by atoms with van der Waals surface area (Å²) in [7, 11) is 1.40. The first kappa shape index (κ1) is 21.1. The van der Waals surface area contributed by atoms with Crippen LogP contribution in [0.25, 0.3) is 0 Å². The third-order valence-electron chi connectivity index (χ3n) is 9.95. The Kier molecular flexibility index (Phi) is 4.37. The molecule has 0 amide bonds. The highest BCUT2D eigenvalue weighted by atomic mass is 16.6. The Morgan fingerprint density at radius 2 is 2.03 bits per heavy atom. The Balaban J connectivity index is 1.59. The molecule has 0 radical (unpaired) electrons. The fourth-order valence-corrected chi connectivity index (χ4v) is 8.22. The molecule has 1 saturated heterocycles. The van der Waals surface area contributed by atoms with Crippen LogP contribution in [0.15, 0.2) is 11.6 Å². The molecule has 0 aromatic carbocycles. The van der Waals surface area contributed by atoms with Crippen molar-refractivity contribution in [1.82, 2.24) is 0 Å². The summed E-state index contributed by atoms with van der Waals surface area (Å²) in [5, 5.41) is 20.9. The average molecular weight is 433 g/mol. The van der Waals surface area contributed by atoms with Gasteiger partial charge in [-0.05, 0) is 50.5 Å². The van der Waals surface area contributed by atoms with Crippen LogP contribution in [0.4, 0.5) is 0 Å². The molecule has 4 aliphatic carbocycles. The van der Waals surface area contributed by atoms with Gasteiger partial charge in [-0.2, -0.15) is 0 Å². The van der Waals surface area contributed by atoms with Crippen molar-refractivity contribution in [1.29, 1.82) is 0 Å². The number of ketones is 1. The van der Waals surface area contributed by atoms with Crippen molar-refractivity contribution in [2.75, 3.05) is 7.11 Å². The van der Waals surface area contributed by atoms with Gasteiger partial charge in [0, 0.05) is 29.6 Å². The van der Waals surface area contributed by atoms with Crippen molar-refractivity contribution >= 4 is 17.7 Å². The zero-order chi connectivity index (χ0) is 22.4. The second kappa shape index (κ2) is 6.41. The lowest BCUT2D eigenvalue weighted by molar-refractivity contribution is -0.163. The molecule has 7 heteroatoms. The zero-order valence-corrected chi connectivity index (χ0v) is 18.5. The number of fused-ring (bicyclic) bond motifs is 3. The number of carboxylic acid groups (broad SMARTS) is 1. The van der Waals surface area contributed by atoms with Crippen LogP contribution in [0.5, 0.6) is 0 Å². The largest absolute Gasteiger partial charge is 0.481 e. The first-order valence-electron chi connectivity index (χ1n) is 11.5. The summed E-state index contributed by atoms with van der Waals surface area (Å²) in [5.74, 6) is -1.60. The molecule has 0 bridgehead atoms. The minimum Gasteiger partial charge on any atom is -0.481 e. The van der Waals surface area contributed by atoms with Gasteiger partial charge in [0.2, 0.25) is 0 Å². The number of carboxylic acids is 1. The lowest BCUT2D eigenvalue weighted by Gasteiger charge is -2.58. The maximum absolute atomic E-state index is 13.0. The molecule has 1 spiro atoms. The number of hydrogen-bond donors (Lipinski definition) is 2. The smallest absolute Gasteiger partial charge is 0.309 e. The van der Waals surface area contributed by atoms with Crippen molar-refractivity contribution in [3.05, 3.63) is 11.6 Å². The van der Waals surface area contributed by atoms with Crippen molar-refractivity contribution < 1.29 is 34.1 Å². The normalized spacial score (nSPS) is 49.8. The predicted molar refractivity (Wildman–Crippen MR) is 109 cm³/mol. The SMILES string of the molecule is COC(=O)C1CC2=CC(=O)CC[C@]2(C)C23OC2C[C@@]2(C)[C@@H](CC[C@]2(O)CCC(=O)O)[C@H]13. The molecule has 3 saturated carbocycles. The number of carbonyl (C=O) groups excluding carboxylic acids is 2. The Bertz CT molecular complexity index is 894. The molecule has 1 aliphatic heterocycles. The summed E-state index contributed by atoms with van der Waals surface area (Å²) in [6.07, 6.45) is 5.35. The summed E-state index contributed by atoms with van der Waals surface area (Å²) >= 11 is 0. The second-order valence-electron chi connectivity index (χ2n) is 10.9. The van der Waals surface area contributed by atoms with Crippen molar-refractivity contribution in [3.63, 3.8) is 0 Å². The molecule has 4 fully saturated rings. The maximum atomic E-state index is 13.0. The molecule has 0 aromatic rings. The van der Waals surface area contributed by atoms with E-state index in [1.807, 2.05) is 0 Å². The summed E-state index contributed by atoms with van der Waals surface area (Å²) in [6.45, 7) is 4.24. The summed E-state index contributed by atoms with van der Waals surface area (Å²) in [4.78, 5) is 36.4. The van der Waals surface area contributed by atoms with Crippen LogP contribution in [0.3, 0.4) is 0 Å². The van der Waals surface area contributed by atoms with Crippen LogP contribution in [0.2, 0.25) is 0 Å². The number of aliphatic carboxylic acids is 1.